The summed E-state index contributed by atoms with van der Waals surface area (Å²) in [6.45, 7) is 1.48. The summed E-state index contributed by atoms with van der Waals surface area (Å²) in [5, 5.41) is 11.3. The molecule has 1 aliphatic heterocycles. The Balaban J connectivity index is 1.75. The van der Waals surface area contributed by atoms with E-state index in [0.29, 0.717) is 0 Å². The van der Waals surface area contributed by atoms with E-state index in [9.17, 15) is 4.79 Å². The second-order valence-electron chi connectivity index (χ2n) is 4.31. The van der Waals surface area contributed by atoms with Crippen molar-refractivity contribution in [1.82, 2.24) is 15.3 Å². The van der Waals surface area contributed by atoms with E-state index >= 15 is 0 Å². The number of hydrogen-bond acceptors (Lipinski definition) is 6. The van der Waals surface area contributed by atoms with Gasteiger partial charge in [0.2, 0.25) is 5.95 Å². The summed E-state index contributed by atoms with van der Waals surface area (Å²) in [6.07, 6.45) is 4.63. The number of hydrogen-bond donors (Lipinski definition) is 2. The van der Waals surface area contributed by atoms with E-state index in [-0.39, 0.29) is 19.3 Å². The molecule has 2 N–H and O–H groups in total. The lowest BCUT2D eigenvalue weighted by atomic mass is 10.1. The minimum atomic E-state index is -0.469. The van der Waals surface area contributed by atoms with Crippen LogP contribution in [0, 0.1) is 0 Å². The highest BCUT2D eigenvalue weighted by atomic mass is 16.6. The van der Waals surface area contributed by atoms with E-state index in [1.165, 1.54) is 0 Å². The predicted molar refractivity (Wildman–Crippen MR) is 68.8 cm³/mol. The molecule has 0 spiro atoms. The standard InChI is InChI=1S/C12H18N4O3/c17-8-9-19-12(18)15-10-2-6-16(7-3-10)11-13-4-1-5-14-11/h1,4-5,10,17H,2-3,6-9H2,(H,15,18). The second-order valence-corrected chi connectivity index (χ2v) is 4.31. The number of aromatic nitrogens is 2. The highest BCUT2D eigenvalue weighted by Gasteiger charge is 2.22. The van der Waals surface area contributed by atoms with Crippen LogP contribution >= 0.6 is 0 Å². The molecule has 0 radical (unpaired) electrons. The van der Waals surface area contributed by atoms with Gasteiger partial charge in [-0.1, -0.05) is 0 Å². The summed E-state index contributed by atoms with van der Waals surface area (Å²) in [5.74, 6) is 0.726. The molecule has 0 aromatic carbocycles. The Labute approximate surface area is 111 Å². The van der Waals surface area contributed by atoms with Crippen LogP contribution in [0.15, 0.2) is 18.5 Å². The van der Waals surface area contributed by atoms with Crippen molar-refractivity contribution >= 4 is 12.0 Å². The number of ether oxygens (including phenoxy) is 1. The molecule has 1 aromatic heterocycles. The fourth-order valence-corrected chi connectivity index (χ4v) is 2.03. The van der Waals surface area contributed by atoms with Gasteiger partial charge in [0.1, 0.15) is 6.61 Å². The number of rotatable bonds is 4. The van der Waals surface area contributed by atoms with Crippen molar-refractivity contribution in [3.05, 3.63) is 18.5 Å². The van der Waals surface area contributed by atoms with Crippen LogP contribution in [-0.2, 0) is 4.74 Å². The molecule has 7 nitrogen and oxygen atoms in total. The Kier molecular flexibility index (Phi) is 4.91. The Morgan fingerprint density at radius 3 is 2.74 bits per heavy atom. The summed E-state index contributed by atoms with van der Waals surface area (Å²) >= 11 is 0. The summed E-state index contributed by atoms with van der Waals surface area (Å²) in [4.78, 5) is 21.8. The third-order valence-electron chi connectivity index (χ3n) is 2.98. The number of piperidine rings is 1. The van der Waals surface area contributed by atoms with Gasteiger partial charge in [-0.2, -0.15) is 0 Å². The Bertz CT molecular complexity index is 393. The number of aliphatic hydroxyl groups is 1. The Morgan fingerprint density at radius 1 is 1.42 bits per heavy atom. The normalized spacial score (nSPS) is 16.2. The summed E-state index contributed by atoms with van der Waals surface area (Å²) in [5.41, 5.74) is 0. The minimum absolute atomic E-state index is 0.0303. The van der Waals surface area contributed by atoms with Gasteiger partial charge < -0.3 is 20.1 Å². The molecule has 7 heteroatoms. The van der Waals surface area contributed by atoms with E-state index in [2.05, 4.69) is 20.2 Å². The maximum atomic E-state index is 11.3. The first-order valence-corrected chi connectivity index (χ1v) is 6.35. The lowest BCUT2D eigenvalue weighted by Crippen LogP contribution is -2.45. The first kappa shape index (κ1) is 13.5. The average Bonchev–Trinajstić information content (AvgIpc) is 2.47. The van der Waals surface area contributed by atoms with Gasteiger partial charge in [0, 0.05) is 31.5 Å². The predicted octanol–water partition coefficient (Wildman–Crippen LogP) is 0.164. The molecule has 0 saturated carbocycles. The zero-order valence-corrected chi connectivity index (χ0v) is 10.7. The molecular formula is C12H18N4O3. The number of carbonyl (C=O) groups is 1. The van der Waals surface area contributed by atoms with Crippen molar-refractivity contribution in [2.75, 3.05) is 31.2 Å². The molecule has 2 heterocycles. The van der Waals surface area contributed by atoms with Crippen LogP contribution in [0.1, 0.15) is 12.8 Å². The first-order chi connectivity index (χ1) is 9.29. The quantitative estimate of drug-likeness (QED) is 0.807. The zero-order valence-electron chi connectivity index (χ0n) is 10.7. The topological polar surface area (TPSA) is 87.6 Å². The highest BCUT2D eigenvalue weighted by molar-refractivity contribution is 5.67. The molecule has 1 saturated heterocycles. The summed E-state index contributed by atoms with van der Waals surface area (Å²) < 4.78 is 4.77. The molecule has 1 amide bonds. The molecule has 0 unspecified atom stereocenters. The average molecular weight is 266 g/mol. The number of anilines is 1. The van der Waals surface area contributed by atoms with E-state index in [1.807, 2.05) is 0 Å². The summed E-state index contributed by atoms with van der Waals surface area (Å²) in [6, 6.07) is 1.89. The van der Waals surface area contributed by atoms with Crippen LogP contribution in [0.3, 0.4) is 0 Å². The first-order valence-electron chi connectivity index (χ1n) is 6.35. The zero-order chi connectivity index (χ0) is 13.5. The van der Waals surface area contributed by atoms with E-state index in [4.69, 9.17) is 9.84 Å². The maximum Gasteiger partial charge on any atom is 0.407 e. The van der Waals surface area contributed by atoms with Crippen molar-refractivity contribution in [3.8, 4) is 0 Å². The fourth-order valence-electron chi connectivity index (χ4n) is 2.03. The SMILES string of the molecule is O=C(NC1CCN(c2ncccn2)CC1)OCCO. The van der Waals surface area contributed by atoms with Crippen LogP contribution in [0.5, 0.6) is 0 Å². The van der Waals surface area contributed by atoms with Gasteiger partial charge in [-0.25, -0.2) is 14.8 Å². The Hall–Kier alpha value is -1.89. The van der Waals surface area contributed by atoms with E-state index in [0.717, 1.165) is 31.9 Å². The van der Waals surface area contributed by atoms with E-state index < -0.39 is 6.09 Å². The van der Waals surface area contributed by atoms with Crippen molar-refractivity contribution in [2.24, 2.45) is 0 Å². The lowest BCUT2D eigenvalue weighted by molar-refractivity contribution is 0.115. The van der Waals surface area contributed by atoms with E-state index in [1.54, 1.807) is 18.5 Å². The molecular weight excluding hydrogens is 248 g/mol. The minimum Gasteiger partial charge on any atom is -0.447 e. The van der Waals surface area contributed by atoms with Crippen LogP contribution in [-0.4, -0.2) is 53.5 Å². The Morgan fingerprint density at radius 2 is 2.11 bits per heavy atom. The molecule has 1 aromatic rings. The van der Waals surface area contributed by atoms with Gasteiger partial charge in [0.25, 0.3) is 0 Å². The van der Waals surface area contributed by atoms with Crippen LogP contribution < -0.4 is 10.2 Å². The van der Waals surface area contributed by atoms with Gasteiger partial charge in [-0.3, -0.25) is 0 Å². The van der Waals surface area contributed by atoms with Crippen molar-refractivity contribution in [3.63, 3.8) is 0 Å². The number of aliphatic hydroxyl groups excluding tert-OH is 1. The third kappa shape index (κ3) is 4.06. The molecule has 1 aliphatic rings. The smallest absolute Gasteiger partial charge is 0.407 e. The van der Waals surface area contributed by atoms with Crippen LogP contribution in [0.25, 0.3) is 0 Å². The number of amides is 1. The number of carbonyl (C=O) groups excluding carboxylic acids is 1. The molecule has 19 heavy (non-hydrogen) atoms. The molecule has 2 rings (SSSR count). The molecule has 0 aliphatic carbocycles. The van der Waals surface area contributed by atoms with Crippen LogP contribution in [0.2, 0.25) is 0 Å². The fraction of sp³-hybridized carbons (Fsp3) is 0.583. The van der Waals surface area contributed by atoms with Gasteiger partial charge in [-0.15, -0.1) is 0 Å². The molecule has 0 atom stereocenters. The van der Waals surface area contributed by atoms with Gasteiger partial charge in [0.15, 0.2) is 0 Å². The number of alkyl carbamates (subject to hydrolysis) is 1. The third-order valence-corrected chi connectivity index (χ3v) is 2.98. The molecule has 0 bridgehead atoms. The highest BCUT2D eigenvalue weighted by Crippen LogP contribution is 2.15. The van der Waals surface area contributed by atoms with Crippen LogP contribution in [0.4, 0.5) is 10.7 Å². The van der Waals surface area contributed by atoms with Gasteiger partial charge >= 0.3 is 6.09 Å². The molecule has 104 valence electrons. The second kappa shape index (κ2) is 6.89. The van der Waals surface area contributed by atoms with Crippen molar-refractivity contribution in [2.45, 2.75) is 18.9 Å². The van der Waals surface area contributed by atoms with Crippen molar-refractivity contribution in [1.29, 1.82) is 0 Å². The lowest BCUT2D eigenvalue weighted by Gasteiger charge is -2.31. The number of nitrogens with one attached hydrogen (secondary N) is 1. The van der Waals surface area contributed by atoms with Gasteiger partial charge in [0.05, 0.1) is 6.61 Å². The summed E-state index contributed by atoms with van der Waals surface area (Å²) in [7, 11) is 0. The number of nitrogens with zero attached hydrogens (tertiary/aromatic N) is 3. The maximum absolute atomic E-state index is 11.3. The van der Waals surface area contributed by atoms with Crippen molar-refractivity contribution < 1.29 is 14.6 Å². The monoisotopic (exact) mass is 266 g/mol. The van der Waals surface area contributed by atoms with Gasteiger partial charge in [-0.05, 0) is 18.9 Å². The largest absolute Gasteiger partial charge is 0.447 e. The molecule has 1 fully saturated rings.